The van der Waals surface area contributed by atoms with E-state index in [2.05, 4.69) is 73.4 Å². The topological polar surface area (TPSA) is 592 Å². The Labute approximate surface area is 601 Å². The zero-order valence-corrected chi connectivity index (χ0v) is 61.3. The number of aromatic nitrogens is 12. The van der Waals surface area contributed by atoms with Gasteiger partial charge in [-0.05, 0) is 86.2 Å². The summed E-state index contributed by atoms with van der Waals surface area (Å²) in [5.74, 6) is -3.34. The maximum absolute atomic E-state index is 11.7. The second kappa shape index (κ2) is 33.8. The van der Waals surface area contributed by atoms with Gasteiger partial charge in [-0.1, -0.05) is 39.0 Å². The monoisotopic (exact) mass is 1600 g/mol. The lowest BCUT2D eigenvalue weighted by molar-refractivity contribution is -0.119. The lowest BCUT2D eigenvalue weighted by Crippen LogP contribution is -2.38. The van der Waals surface area contributed by atoms with Gasteiger partial charge in [-0.25, -0.2) is 27.2 Å². The van der Waals surface area contributed by atoms with Gasteiger partial charge in [0.2, 0.25) is 31.8 Å². The molecule has 103 heavy (non-hydrogen) atoms. The van der Waals surface area contributed by atoms with E-state index < -0.39 is 156 Å². The molecule has 5 unspecified atom stereocenters. The average molecular weight is 1600 g/mol. The van der Waals surface area contributed by atoms with Crippen LogP contribution in [0.3, 0.4) is 0 Å². The highest BCUT2D eigenvalue weighted by Crippen LogP contribution is 2.46. The fourth-order valence-electron chi connectivity index (χ4n) is 12.6. The Hall–Kier alpha value is -4.73. The number of aliphatic hydroxyl groups is 6. The third-order valence-corrected chi connectivity index (χ3v) is 22.7. The number of aliphatic hydroxyl groups excluding tert-OH is 6. The molecule has 17 N–H and O–H groups in total. The summed E-state index contributed by atoms with van der Waals surface area (Å²) < 4.78 is 95.9. The van der Waals surface area contributed by atoms with E-state index in [4.69, 9.17) is 73.0 Å². The van der Waals surface area contributed by atoms with E-state index in [-0.39, 0.29) is 51.9 Å². The third kappa shape index (κ3) is 20.0. The van der Waals surface area contributed by atoms with Crippen LogP contribution in [0, 0.1) is 5.92 Å². The number of carbonyl (C=O) groups excluding carboxylic acids is 1. The minimum absolute atomic E-state index is 0.00390. The maximum Gasteiger partial charge on any atom is 0.355 e. The Kier molecular flexibility index (Phi) is 26.5. The SMILES string of the molecule is CC(=O)NCC(OC[C@H]1O[C@@H](n2ncc3c(NC4CCCC4)nc(Cl)nc32)[C@H](O)[C@@H]1O)P(=O)(O)O.CC1CCCC1Nc1nc(Cl)nc2c1cnn2[C@@H]1O[C@H](COC(C)P(=O)(O)O)[C@@H](O)[C@H]1O.CS(=O)(=O)NCC(OC[C@H]1O[C@@H](n2ncc3c(NC4CCCC4)nc(Cl)nc32)[C@H](O)[C@@H]1O)P(=O)(O)O. The summed E-state index contributed by atoms with van der Waals surface area (Å²) in [7, 11) is -17.8. The van der Waals surface area contributed by atoms with Crippen molar-refractivity contribution in [3.8, 4) is 0 Å². The second-order valence-corrected chi connectivity index (χ2v) is 34.1. The van der Waals surface area contributed by atoms with Crippen molar-refractivity contribution < 1.29 is 115 Å². The van der Waals surface area contributed by atoms with Crippen LogP contribution in [0.15, 0.2) is 18.6 Å². The molecule has 6 aromatic heterocycles. The lowest BCUT2D eigenvalue weighted by atomic mass is 10.1. The Balaban J connectivity index is 0.000000166. The van der Waals surface area contributed by atoms with E-state index >= 15 is 0 Å². The first kappa shape index (κ1) is 80.8. The molecule has 6 aromatic rings. The van der Waals surface area contributed by atoms with Gasteiger partial charge in [-0.3, -0.25) is 18.5 Å². The summed E-state index contributed by atoms with van der Waals surface area (Å²) in [6.07, 6.45) is 1.53. The zero-order valence-electron chi connectivity index (χ0n) is 55.5. The largest absolute Gasteiger partial charge is 0.387 e. The van der Waals surface area contributed by atoms with Crippen molar-refractivity contribution in [2.75, 3.05) is 55.1 Å². The quantitative estimate of drug-likeness (QED) is 0.0265. The molecule has 3 saturated heterocycles. The standard InChI is InChI=1S/C19H28ClN6O8P.C18H28ClN6O9PS.C18H27ClN5O7P/c1-9(27)21-7-13(35(30,31)32)33-8-12-14(28)15(29)18(34-12)26-17-11(6-22-26)16(24-19(20)25-17)23-10-4-2-3-5-10;1-36(31,32)21-7-12(35(28,29)30)33-8-11-13(26)14(27)17(34-11)25-16-10(6-20-25)15(23-18(19)24-16)22-9-4-2-3-5-9;1-8-4-3-5-11(8)21-15-10-6-20-24(16(10)23-18(19)22-15)17-14(26)13(25)12(31-17)7-30-9(2)32(27,28)29/h6,10,12-15,18,28-29H,2-5,7-8H2,1H3,(H,21,27)(H,23,24,25)(H2,30,31,32);6,9,11-14,17,21,26-27H,2-5,7-8H2,1H3,(H,22,23,24)(H2,28,29,30);6,8-9,11-14,17,25-26H,3-5,7H2,1-2H3,(H,21,22,23)(H2,27,28,29)/t12-,13?,14-,15-,18-;11-,12?,13-,14-,17-;8?,9?,11?,12-,13-,14-,17-/m111/s1. The minimum atomic E-state index is -4.88. The summed E-state index contributed by atoms with van der Waals surface area (Å²) >= 11 is 18.4. The maximum atomic E-state index is 11.7. The third-order valence-electron chi connectivity index (χ3n) is 18.3. The van der Waals surface area contributed by atoms with E-state index in [0.717, 1.165) is 76.9 Å². The molecule has 574 valence electrons. The fraction of sp³-hybridized carbons (Fsp3) is 0.709. The first-order chi connectivity index (χ1) is 48.4. The predicted molar refractivity (Wildman–Crippen MR) is 364 cm³/mol. The van der Waals surface area contributed by atoms with Gasteiger partial charge in [0.1, 0.15) is 72.4 Å². The molecular formula is C55H83Cl3N17O24P3S. The highest BCUT2D eigenvalue weighted by atomic mass is 35.5. The van der Waals surface area contributed by atoms with Crippen LogP contribution in [0.25, 0.3) is 33.1 Å². The van der Waals surface area contributed by atoms with Gasteiger partial charge in [0.15, 0.2) is 53.2 Å². The number of carbonyl (C=O) groups is 1. The van der Waals surface area contributed by atoms with Crippen molar-refractivity contribution in [2.45, 2.75) is 201 Å². The van der Waals surface area contributed by atoms with Crippen molar-refractivity contribution in [3.63, 3.8) is 0 Å². The molecule has 48 heteroatoms. The molecule has 41 nitrogen and oxygen atoms in total. The Morgan fingerprint density at radius 3 is 1.23 bits per heavy atom. The summed E-state index contributed by atoms with van der Waals surface area (Å²) in [5.41, 5.74) is 0.848. The Bertz CT molecular complexity index is 4190. The van der Waals surface area contributed by atoms with Crippen LogP contribution >= 0.6 is 57.6 Å². The van der Waals surface area contributed by atoms with E-state index in [1.54, 1.807) is 0 Å². The van der Waals surface area contributed by atoms with Gasteiger partial charge >= 0.3 is 22.8 Å². The smallest absolute Gasteiger partial charge is 0.355 e. The van der Waals surface area contributed by atoms with Gasteiger partial charge in [-0.2, -0.15) is 45.2 Å². The van der Waals surface area contributed by atoms with E-state index in [9.17, 15) is 77.1 Å². The number of halogens is 3. The summed E-state index contributed by atoms with van der Waals surface area (Å²) in [5, 5.41) is 90.0. The van der Waals surface area contributed by atoms with Crippen molar-refractivity contribution >= 4 is 124 Å². The molecule has 0 radical (unpaired) electrons. The zero-order chi connectivity index (χ0) is 74.8. The summed E-state index contributed by atoms with van der Waals surface area (Å²) in [6, 6.07) is 0.738. The number of anilines is 3. The molecule has 0 spiro atoms. The van der Waals surface area contributed by atoms with Crippen LogP contribution < -0.4 is 26.0 Å². The van der Waals surface area contributed by atoms with Crippen LogP contribution in [0.4, 0.5) is 17.5 Å². The van der Waals surface area contributed by atoms with Gasteiger partial charge < -0.3 is 110 Å². The molecule has 6 fully saturated rings. The molecule has 3 aliphatic heterocycles. The second-order valence-electron chi connectivity index (χ2n) is 25.9. The Morgan fingerprint density at radius 2 is 0.903 bits per heavy atom. The number of amides is 1. The normalized spacial score (nSPS) is 28.2. The summed E-state index contributed by atoms with van der Waals surface area (Å²) in [6.45, 7) is 2.09. The van der Waals surface area contributed by atoms with Gasteiger partial charge in [0, 0.05) is 31.6 Å². The molecule has 3 aliphatic carbocycles. The number of fused-ring (bicyclic) bond motifs is 3. The molecule has 17 atom stereocenters. The van der Waals surface area contributed by atoms with Gasteiger partial charge in [0.05, 0.1) is 67.4 Å². The van der Waals surface area contributed by atoms with Gasteiger partial charge in [0.25, 0.3) is 0 Å². The minimum Gasteiger partial charge on any atom is -0.387 e. The van der Waals surface area contributed by atoms with Crippen LogP contribution in [0.5, 0.6) is 0 Å². The molecule has 6 aliphatic rings. The van der Waals surface area contributed by atoms with E-state index in [0.29, 0.717) is 45.2 Å². The number of nitrogens with one attached hydrogen (secondary N) is 5. The van der Waals surface area contributed by atoms with Crippen molar-refractivity contribution in [2.24, 2.45) is 5.92 Å². The molecule has 9 heterocycles. The number of ether oxygens (including phenoxy) is 6. The number of hydrogen-bond acceptors (Lipinski definition) is 30. The molecular weight excluding hydrogens is 1510 g/mol. The first-order valence-corrected chi connectivity index (χ1v) is 40.8. The number of hydrogen-bond donors (Lipinski definition) is 17. The Morgan fingerprint density at radius 1 is 0.544 bits per heavy atom. The fourth-order valence-corrected chi connectivity index (χ4v) is 15.2. The van der Waals surface area contributed by atoms with Crippen LogP contribution in [-0.4, -0.2) is 263 Å². The van der Waals surface area contributed by atoms with Crippen LogP contribution in [0.1, 0.15) is 110 Å². The molecule has 0 aromatic carbocycles. The van der Waals surface area contributed by atoms with Crippen molar-refractivity contribution in [1.82, 2.24) is 69.3 Å². The number of sulfonamides is 1. The van der Waals surface area contributed by atoms with E-state index in [1.165, 1.54) is 46.5 Å². The van der Waals surface area contributed by atoms with E-state index in [1.807, 2.05) is 4.72 Å². The number of rotatable bonds is 26. The molecule has 1 amide bonds. The predicted octanol–water partition coefficient (Wildman–Crippen LogP) is 0.873. The first-order valence-electron chi connectivity index (χ1n) is 32.7. The molecule has 12 rings (SSSR count). The number of nitrogens with zero attached hydrogens (tertiary/aromatic N) is 12. The lowest BCUT2D eigenvalue weighted by Gasteiger charge is -2.22. The molecule has 0 bridgehead atoms. The van der Waals surface area contributed by atoms with Gasteiger partial charge in [-0.15, -0.1) is 0 Å². The van der Waals surface area contributed by atoms with Crippen molar-refractivity contribution in [3.05, 3.63) is 34.4 Å². The average Bonchev–Trinajstić information content (AvgIpc) is 1.63. The van der Waals surface area contributed by atoms with Crippen LogP contribution in [-0.2, 0) is 56.9 Å². The highest BCUT2D eigenvalue weighted by Gasteiger charge is 2.49. The van der Waals surface area contributed by atoms with Crippen LogP contribution in [0.2, 0.25) is 15.9 Å². The summed E-state index contributed by atoms with van der Waals surface area (Å²) in [4.78, 5) is 92.9. The highest BCUT2D eigenvalue weighted by molar-refractivity contribution is 7.88. The molecule has 3 saturated carbocycles. The van der Waals surface area contributed by atoms with Crippen molar-refractivity contribution in [1.29, 1.82) is 0 Å².